The van der Waals surface area contributed by atoms with Crippen LogP contribution < -0.4 is 10.2 Å². The van der Waals surface area contributed by atoms with E-state index in [2.05, 4.69) is 22.2 Å². The van der Waals surface area contributed by atoms with Crippen LogP contribution in [0.4, 0.5) is 16.0 Å². The standard InChI is InChI=1S/C15H19FN4/c1-4-17-9-12-10-18-15(19-11(12)2)20(3)14-7-5-13(16)6-8-14/h5-8,10,17H,4,9H2,1-3H3. The number of hydrogen-bond donors (Lipinski definition) is 1. The van der Waals surface area contributed by atoms with Crippen LogP contribution >= 0.6 is 0 Å². The summed E-state index contributed by atoms with van der Waals surface area (Å²) in [6, 6.07) is 6.28. The van der Waals surface area contributed by atoms with E-state index in [1.807, 2.05) is 25.1 Å². The van der Waals surface area contributed by atoms with Crippen LogP contribution in [-0.4, -0.2) is 23.6 Å². The van der Waals surface area contributed by atoms with E-state index in [1.54, 1.807) is 12.1 Å². The molecule has 106 valence electrons. The van der Waals surface area contributed by atoms with Gasteiger partial charge in [0.15, 0.2) is 0 Å². The zero-order valence-corrected chi connectivity index (χ0v) is 12.0. The highest BCUT2D eigenvalue weighted by Gasteiger charge is 2.09. The molecule has 1 N–H and O–H groups in total. The Morgan fingerprint density at radius 1 is 1.25 bits per heavy atom. The highest BCUT2D eigenvalue weighted by atomic mass is 19.1. The van der Waals surface area contributed by atoms with Gasteiger partial charge in [-0.05, 0) is 37.7 Å². The minimum absolute atomic E-state index is 0.250. The molecule has 0 aliphatic rings. The van der Waals surface area contributed by atoms with E-state index in [0.717, 1.165) is 30.0 Å². The van der Waals surface area contributed by atoms with Gasteiger partial charge in [-0.2, -0.15) is 0 Å². The molecule has 2 rings (SSSR count). The highest BCUT2D eigenvalue weighted by molar-refractivity contribution is 5.56. The molecule has 0 bridgehead atoms. The van der Waals surface area contributed by atoms with Crippen molar-refractivity contribution in [3.8, 4) is 0 Å². The lowest BCUT2D eigenvalue weighted by Crippen LogP contribution is -2.17. The fourth-order valence-electron chi connectivity index (χ4n) is 1.85. The lowest BCUT2D eigenvalue weighted by molar-refractivity contribution is 0.628. The van der Waals surface area contributed by atoms with E-state index in [9.17, 15) is 4.39 Å². The quantitative estimate of drug-likeness (QED) is 0.910. The molecule has 1 aromatic heterocycles. The predicted octanol–water partition coefficient (Wildman–Crippen LogP) is 2.80. The maximum Gasteiger partial charge on any atom is 0.229 e. The number of hydrogen-bond acceptors (Lipinski definition) is 4. The average Bonchev–Trinajstić information content (AvgIpc) is 2.46. The van der Waals surface area contributed by atoms with Gasteiger partial charge in [-0.3, -0.25) is 0 Å². The highest BCUT2D eigenvalue weighted by Crippen LogP contribution is 2.20. The maximum absolute atomic E-state index is 12.9. The van der Waals surface area contributed by atoms with Crippen molar-refractivity contribution in [3.05, 3.63) is 47.5 Å². The molecule has 0 aliphatic heterocycles. The summed E-state index contributed by atoms with van der Waals surface area (Å²) in [5, 5.41) is 3.26. The predicted molar refractivity (Wildman–Crippen MR) is 78.6 cm³/mol. The molecule has 5 heteroatoms. The van der Waals surface area contributed by atoms with Crippen molar-refractivity contribution in [3.63, 3.8) is 0 Å². The first-order valence-corrected chi connectivity index (χ1v) is 6.64. The van der Waals surface area contributed by atoms with E-state index in [1.165, 1.54) is 12.1 Å². The molecule has 1 aromatic carbocycles. The summed E-state index contributed by atoms with van der Waals surface area (Å²) in [6.07, 6.45) is 1.83. The molecule has 0 aliphatic carbocycles. The Morgan fingerprint density at radius 2 is 1.95 bits per heavy atom. The van der Waals surface area contributed by atoms with Crippen molar-refractivity contribution in [1.29, 1.82) is 0 Å². The van der Waals surface area contributed by atoms with E-state index in [4.69, 9.17) is 0 Å². The Bertz CT molecular complexity index is 569. The number of nitrogens with one attached hydrogen (secondary N) is 1. The summed E-state index contributed by atoms with van der Waals surface area (Å²) in [5.74, 6) is 0.356. The number of aromatic nitrogens is 2. The van der Waals surface area contributed by atoms with Crippen LogP contribution in [0.15, 0.2) is 30.5 Å². The van der Waals surface area contributed by atoms with Crippen molar-refractivity contribution < 1.29 is 4.39 Å². The fourth-order valence-corrected chi connectivity index (χ4v) is 1.85. The average molecular weight is 274 g/mol. The van der Waals surface area contributed by atoms with Gasteiger partial charge in [0.2, 0.25) is 5.95 Å². The number of aryl methyl sites for hydroxylation is 1. The Kier molecular flexibility index (Phi) is 4.63. The summed E-state index contributed by atoms with van der Waals surface area (Å²) >= 11 is 0. The topological polar surface area (TPSA) is 41.1 Å². The summed E-state index contributed by atoms with van der Waals surface area (Å²) in [7, 11) is 1.87. The van der Waals surface area contributed by atoms with Gasteiger partial charge in [0.1, 0.15) is 5.82 Å². The summed E-state index contributed by atoms with van der Waals surface area (Å²) in [5.41, 5.74) is 2.89. The van der Waals surface area contributed by atoms with Crippen molar-refractivity contribution >= 4 is 11.6 Å². The molecule has 4 nitrogen and oxygen atoms in total. The van der Waals surface area contributed by atoms with Crippen molar-refractivity contribution in [2.24, 2.45) is 0 Å². The van der Waals surface area contributed by atoms with Gasteiger partial charge in [0.25, 0.3) is 0 Å². The number of anilines is 2. The number of nitrogens with zero attached hydrogens (tertiary/aromatic N) is 3. The summed E-state index contributed by atoms with van der Waals surface area (Å²) in [4.78, 5) is 10.7. The van der Waals surface area contributed by atoms with Crippen molar-refractivity contribution in [2.45, 2.75) is 20.4 Å². The van der Waals surface area contributed by atoms with Crippen LogP contribution in [0.3, 0.4) is 0 Å². The van der Waals surface area contributed by atoms with Crippen LogP contribution in [-0.2, 0) is 6.54 Å². The van der Waals surface area contributed by atoms with Gasteiger partial charge >= 0.3 is 0 Å². The number of benzene rings is 1. The fraction of sp³-hybridized carbons (Fsp3) is 0.333. The molecule has 1 heterocycles. The monoisotopic (exact) mass is 274 g/mol. The van der Waals surface area contributed by atoms with E-state index in [-0.39, 0.29) is 5.82 Å². The Hall–Kier alpha value is -2.01. The molecule has 0 spiro atoms. The first-order valence-electron chi connectivity index (χ1n) is 6.64. The first-order chi connectivity index (χ1) is 9.61. The van der Waals surface area contributed by atoms with E-state index >= 15 is 0 Å². The number of halogens is 1. The van der Waals surface area contributed by atoms with Gasteiger partial charge in [0.05, 0.1) is 0 Å². The third-order valence-corrected chi connectivity index (χ3v) is 3.15. The SMILES string of the molecule is CCNCc1cnc(N(C)c2ccc(F)cc2)nc1C. The Morgan fingerprint density at radius 3 is 2.55 bits per heavy atom. The molecule has 0 amide bonds. The summed E-state index contributed by atoms with van der Waals surface area (Å²) < 4.78 is 12.9. The van der Waals surface area contributed by atoms with Crippen LogP contribution in [0.1, 0.15) is 18.2 Å². The zero-order chi connectivity index (χ0) is 14.5. The molecule has 0 saturated heterocycles. The Labute approximate surface area is 118 Å². The molecule has 0 unspecified atom stereocenters. The third-order valence-electron chi connectivity index (χ3n) is 3.15. The van der Waals surface area contributed by atoms with Gasteiger partial charge < -0.3 is 10.2 Å². The van der Waals surface area contributed by atoms with Gasteiger partial charge in [-0.1, -0.05) is 6.92 Å². The molecule has 2 aromatic rings. The van der Waals surface area contributed by atoms with Gasteiger partial charge in [-0.15, -0.1) is 0 Å². The Balaban J connectivity index is 2.20. The largest absolute Gasteiger partial charge is 0.314 e. The van der Waals surface area contributed by atoms with Crippen molar-refractivity contribution in [2.75, 3.05) is 18.5 Å². The third kappa shape index (κ3) is 3.30. The van der Waals surface area contributed by atoms with Crippen LogP contribution in [0.2, 0.25) is 0 Å². The van der Waals surface area contributed by atoms with Crippen molar-refractivity contribution in [1.82, 2.24) is 15.3 Å². The number of rotatable bonds is 5. The molecular weight excluding hydrogens is 255 g/mol. The smallest absolute Gasteiger partial charge is 0.229 e. The van der Waals surface area contributed by atoms with Gasteiger partial charge in [-0.25, -0.2) is 14.4 Å². The van der Waals surface area contributed by atoms with E-state index in [0.29, 0.717) is 5.95 Å². The molecule has 0 atom stereocenters. The lowest BCUT2D eigenvalue weighted by atomic mass is 10.2. The lowest BCUT2D eigenvalue weighted by Gasteiger charge is -2.18. The normalized spacial score (nSPS) is 10.6. The molecule has 20 heavy (non-hydrogen) atoms. The van der Waals surface area contributed by atoms with Gasteiger partial charge in [0, 0.05) is 36.7 Å². The summed E-state index contributed by atoms with van der Waals surface area (Å²) in [6.45, 7) is 5.71. The minimum Gasteiger partial charge on any atom is -0.314 e. The zero-order valence-electron chi connectivity index (χ0n) is 12.0. The molecule has 0 radical (unpaired) electrons. The first kappa shape index (κ1) is 14.4. The second kappa shape index (κ2) is 6.43. The van der Waals surface area contributed by atoms with Crippen LogP contribution in [0.5, 0.6) is 0 Å². The van der Waals surface area contributed by atoms with E-state index < -0.39 is 0 Å². The van der Waals surface area contributed by atoms with Crippen LogP contribution in [0.25, 0.3) is 0 Å². The molecule has 0 fully saturated rings. The molecular formula is C15H19FN4. The van der Waals surface area contributed by atoms with Crippen LogP contribution in [0, 0.1) is 12.7 Å². The second-order valence-corrected chi connectivity index (χ2v) is 4.60. The minimum atomic E-state index is -0.250. The molecule has 0 saturated carbocycles. The maximum atomic E-state index is 12.9. The second-order valence-electron chi connectivity index (χ2n) is 4.60.